The largest absolute Gasteiger partial charge is 0.514 e. The molecule has 1 saturated heterocycles. The van der Waals surface area contributed by atoms with Crippen LogP contribution in [0.25, 0.3) is 0 Å². The van der Waals surface area contributed by atoms with Crippen molar-refractivity contribution in [3.8, 4) is 0 Å². The van der Waals surface area contributed by atoms with Gasteiger partial charge in [0.25, 0.3) is 0 Å². The Morgan fingerprint density at radius 2 is 1.70 bits per heavy atom. The number of pyridine rings is 1. The van der Waals surface area contributed by atoms with Crippen LogP contribution in [0.5, 0.6) is 0 Å². The summed E-state index contributed by atoms with van der Waals surface area (Å²) >= 11 is 0. The van der Waals surface area contributed by atoms with E-state index in [1.54, 1.807) is 13.8 Å². The second kappa shape index (κ2) is 4.51. The molecule has 0 aromatic carbocycles. The number of aliphatic hydroxyl groups is 1. The first-order valence-corrected chi connectivity index (χ1v) is 6.68. The van der Waals surface area contributed by atoms with Gasteiger partial charge in [-0.1, -0.05) is 0 Å². The highest BCUT2D eigenvalue weighted by Crippen LogP contribution is 2.37. The van der Waals surface area contributed by atoms with Crippen molar-refractivity contribution < 1.29 is 18.8 Å². The molecule has 0 atom stereocenters. The number of aromatic nitrogens is 1. The maximum absolute atomic E-state index is 13.4. The molecule has 1 aromatic heterocycles. The van der Waals surface area contributed by atoms with E-state index in [9.17, 15) is 9.50 Å². The fraction of sp³-hybridized carbons (Fsp3) is 0.643. The Labute approximate surface area is 119 Å². The van der Waals surface area contributed by atoms with E-state index in [4.69, 9.17) is 9.31 Å². The number of nitrogens with zero attached hydrogens (tertiary/aromatic N) is 1. The fourth-order valence-corrected chi connectivity index (χ4v) is 2.08. The third-order valence-corrected chi connectivity index (χ3v) is 4.02. The lowest BCUT2D eigenvalue weighted by molar-refractivity contribution is 0.00578. The molecule has 0 unspecified atom stereocenters. The molecule has 1 aliphatic rings. The summed E-state index contributed by atoms with van der Waals surface area (Å²) in [6.45, 7) is 10.9. The number of hydrogen-bond acceptors (Lipinski definition) is 4. The molecule has 2 rings (SSSR count). The zero-order valence-corrected chi connectivity index (χ0v) is 12.8. The van der Waals surface area contributed by atoms with Crippen LogP contribution < -0.4 is 5.59 Å². The minimum atomic E-state index is -1.23. The van der Waals surface area contributed by atoms with E-state index in [0.717, 1.165) is 6.20 Å². The smallest absolute Gasteiger partial charge is 0.398 e. The Balaban J connectivity index is 2.46. The molecule has 110 valence electrons. The molecule has 1 fully saturated rings. The van der Waals surface area contributed by atoms with Gasteiger partial charge in [-0.25, -0.2) is 4.39 Å². The van der Waals surface area contributed by atoms with Gasteiger partial charge in [-0.2, -0.15) is 0 Å². The number of hydrogen-bond donors (Lipinski definition) is 1. The van der Waals surface area contributed by atoms with Crippen LogP contribution >= 0.6 is 0 Å². The van der Waals surface area contributed by atoms with Gasteiger partial charge in [0.05, 0.1) is 28.6 Å². The van der Waals surface area contributed by atoms with E-state index < -0.39 is 29.7 Å². The molecule has 0 radical (unpaired) electrons. The lowest BCUT2D eigenvalue weighted by atomic mass is 9.77. The summed E-state index contributed by atoms with van der Waals surface area (Å²) in [6, 6.07) is 1.27. The quantitative estimate of drug-likeness (QED) is 0.839. The average molecular weight is 281 g/mol. The van der Waals surface area contributed by atoms with Gasteiger partial charge in [0.1, 0.15) is 5.82 Å². The van der Waals surface area contributed by atoms with Crippen LogP contribution in [0.3, 0.4) is 0 Å². The Morgan fingerprint density at radius 3 is 2.15 bits per heavy atom. The topological polar surface area (TPSA) is 51.6 Å². The van der Waals surface area contributed by atoms with Gasteiger partial charge in [-0.3, -0.25) is 4.98 Å². The van der Waals surface area contributed by atoms with Crippen molar-refractivity contribution in [2.75, 3.05) is 0 Å². The molecular formula is C14H21BFNO3. The molecule has 0 saturated carbocycles. The summed E-state index contributed by atoms with van der Waals surface area (Å²) in [4.78, 5) is 4.07. The standard InChI is InChI=1S/C14H21BFNO3/c1-12(2,18)10-7-9(16)8-17-11(10)15-19-13(3,4)14(5,6)20-15/h7-8,18H,1-6H3. The lowest BCUT2D eigenvalue weighted by Crippen LogP contribution is -2.42. The lowest BCUT2D eigenvalue weighted by Gasteiger charge is -2.32. The molecule has 6 heteroatoms. The van der Waals surface area contributed by atoms with E-state index in [1.165, 1.54) is 6.07 Å². The SMILES string of the molecule is CC(C)(O)c1cc(F)cnc1B1OC(C)(C)C(C)(C)O1. The summed E-state index contributed by atoms with van der Waals surface area (Å²) in [5.41, 5.74) is -1.46. The van der Waals surface area contributed by atoms with E-state index >= 15 is 0 Å². The Morgan fingerprint density at radius 1 is 1.20 bits per heavy atom. The molecule has 0 amide bonds. The molecule has 0 spiro atoms. The number of rotatable bonds is 2. The molecule has 1 aromatic rings. The first-order valence-electron chi connectivity index (χ1n) is 6.68. The van der Waals surface area contributed by atoms with E-state index in [2.05, 4.69) is 4.98 Å². The second-order valence-electron chi connectivity index (χ2n) is 6.73. The van der Waals surface area contributed by atoms with E-state index in [-0.39, 0.29) is 0 Å². The van der Waals surface area contributed by atoms with Crippen molar-refractivity contribution in [3.63, 3.8) is 0 Å². The van der Waals surface area contributed by atoms with Crippen molar-refractivity contribution in [2.24, 2.45) is 0 Å². The molecule has 4 nitrogen and oxygen atoms in total. The molecular weight excluding hydrogens is 260 g/mol. The third kappa shape index (κ3) is 2.60. The Bertz CT molecular complexity index is 510. The monoisotopic (exact) mass is 281 g/mol. The highest BCUT2D eigenvalue weighted by molar-refractivity contribution is 6.61. The summed E-state index contributed by atoms with van der Waals surface area (Å²) in [6.07, 6.45) is 1.11. The Kier molecular flexibility index (Phi) is 3.48. The fourth-order valence-electron chi connectivity index (χ4n) is 2.08. The van der Waals surface area contributed by atoms with Gasteiger partial charge in [0, 0.05) is 5.56 Å². The maximum atomic E-state index is 13.4. The predicted octanol–water partition coefficient (Wildman–Crippen LogP) is 1.75. The molecule has 20 heavy (non-hydrogen) atoms. The van der Waals surface area contributed by atoms with Crippen LogP contribution in [0.15, 0.2) is 12.3 Å². The predicted molar refractivity (Wildman–Crippen MR) is 75.2 cm³/mol. The van der Waals surface area contributed by atoms with Crippen LogP contribution in [0, 0.1) is 5.82 Å². The molecule has 0 aliphatic carbocycles. The van der Waals surface area contributed by atoms with Gasteiger partial charge in [0.15, 0.2) is 0 Å². The van der Waals surface area contributed by atoms with Crippen LogP contribution in [0.2, 0.25) is 0 Å². The van der Waals surface area contributed by atoms with Crippen LogP contribution in [-0.2, 0) is 14.9 Å². The van der Waals surface area contributed by atoms with Crippen molar-refractivity contribution in [3.05, 3.63) is 23.6 Å². The molecule has 0 bridgehead atoms. The molecule has 2 heterocycles. The van der Waals surface area contributed by atoms with Crippen LogP contribution in [-0.4, -0.2) is 28.4 Å². The molecule has 1 N–H and O–H groups in total. The zero-order chi connectivity index (χ0) is 15.3. The van der Waals surface area contributed by atoms with Crippen LogP contribution in [0.1, 0.15) is 47.1 Å². The highest BCUT2D eigenvalue weighted by atomic mass is 19.1. The summed E-state index contributed by atoms with van der Waals surface area (Å²) in [5.74, 6) is -0.498. The van der Waals surface area contributed by atoms with Gasteiger partial charge >= 0.3 is 7.12 Å². The van der Waals surface area contributed by atoms with Gasteiger partial charge < -0.3 is 14.4 Å². The number of halogens is 1. The first kappa shape index (κ1) is 15.4. The second-order valence-corrected chi connectivity index (χ2v) is 6.73. The highest BCUT2D eigenvalue weighted by Gasteiger charge is 2.53. The summed E-state index contributed by atoms with van der Waals surface area (Å²) < 4.78 is 25.2. The average Bonchev–Trinajstić information content (AvgIpc) is 2.46. The normalized spacial score (nSPS) is 21.3. The van der Waals surface area contributed by atoms with Crippen molar-refractivity contribution in [1.82, 2.24) is 4.98 Å². The van der Waals surface area contributed by atoms with Crippen molar-refractivity contribution in [1.29, 1.82) is 0 Å². The minimum Gasteiger partial charge on any atom is -0.398 e. The first-order chi connectivity index (χ1) is 8.94. The van der Waals surface area contributed by atoms with E-state index in [0.29, 0.717) is 11.2 Å². The molecule has 1 aliphatic heterocycles. The summed E-state index contributed by atoms with van der Waals surface area (Å²) in [7, 11) is -0.720. The van der Waals surface area contributed by atoms with E-state index in [1.807, 2.05) is 27.7 Å². The van der Waals surface area contributed by atoms with Gasteiger partial charge in [0.2, 0.25) is 0 Å². The Hall–Kier alpha value is -0.975. The van der Waals surface area contributed by atoms with Crippen molar-refractivity contribution >= 4 is 12.7 Å². The van der Waals surface area contributed by atoms with Gasteiger partial charge in [-0.15, -0.1) is 0 Å². The van der Waals surface area contributed by atoms with Gasteiger partial charge in [-0.05, 0) is 47.6 Å². The third-order valence-electron chi connectivity index (χ3n) is 4.02. The minimum absolute atomic E-state index is 0.371. The summed E-state index contributed by atoms with van der Waals surface area (Å²) in [5, 5.41) is 10.2. The van der Waals surface area contributed by atoms with Crippen molar-refractivity contribution in [2.45, 2.75) is 58.3 Å². The zero-order valence-electron chi connectivity index (χ0n) is 12.8. The maximum Gasteiger partial charge on any atom is 0.514 e. The van der Waals surface area contributed by atoms with Crippen LogP contribution in [0.4, 0.5) is 4.39 Å².